The third kappa shape index (κ3) is 1.97. The molecular weight excluding hydrogens is 280 g/mol. The highest BCUT2D eigenvalue weighted by atomic mass is 79.9. The predicted molar refractivity (Wildman–Crippen MR) is 61.7 cm³/mol. The van der Waals surface area contributed by atoms with E-state index < -0.39 is 12.2 Å². The summed E-state index contributed by atoms with van der Waals surface area (Å²) in [6.45, 7) is 0. The van der Waals surface area contributed by atoms with Gasteiger partial charge in [0.25, 0.3) is 6.43 Å². The molecule has 1 heterocycles. The lowest BCUT2D eigenvalue weighted by atomic mass is 10.2. The quantitative estimate of drug-likeness (QED) is 0.920. The van der Waals surface area contributed by atoms with Crippen molar-refractivity contribution in [2.75, 3.05) is 12.4 Å². The maximum absolute atomic E-state index is 12.5. The zero-order chi connectivity index (χ0) is 11.7. The lowest BCUT2D eigenvalue weighted by molar-refractivity contribution is 0.141. The highest BCUT2D eigenvalue weighted by Gasteiger charge is 2.14. The number of anilines is 1. The van der Waals surface area contributed by atoms with E-state index in [2.05, 4.69) is 31.2 Å². The Balaban J connectivity index is 2.73. The van der Waals surface area contributed by atoms with Crippen LogP contribution >= 0.6 is 15.9 Å². The van der Waals surface area contributed by atoms with Crippen molar-refractivity contribution in [1.82, 2.24) is 9.97 Å². The molecule has 0 amide bonds. The Morgan fingerprint density at radius 1 is 1.31 bits per heavy atom. The topological polar surface area (TPSA) is 37.8 Å². The molecule has 84 valence electrons. The lowest BCUT2D eigenvalue weighted by Crippen LogP contribution is -2.01. The summed E-state index contributed by atoms with van der Waals surface area (Å²) in [7, 11) is 1.64. The first-order valence-electron chi connectivity index (χ1n) is 4.55. The fraction of sp³-hybridized carbons (Fsp3) is 0.200. The van der Waals surface area contributed by atoms with Crippen LogP contribution in [0.3, 0.4) is 0 Å². The van der Waals surface area contributed by atoms with E-state index in [1.165, 1.54) is 0 Å². The number of rotatable bonds is 2. The van der Waals surface area contributed by atoms with Crippen LogP contribution in [0.15, 0.2) is 22.7 Å². The largest absolute Gasteiger partial charge is 0.373 e. The summed E-state index contributed by atoms with van der Waals surface area (Å²) in [6, 6.07) is 5.22. The minimum atomic E-state index is -2.67. The molecule has 0 radical (unpaired) electrons. The number of nitrogens with one attached hydrogen (secondary N) is 1. The molecular formula is C10H8BrF2N3. The molecule has 0 aliphatic rings. The van der Waals surface area contributed by atoms with Gasteiger partial charge in [-0.2, -0.15) is 0 Å². The van der Waals surface area contributed by atoms with Crippen molar-refractivity contribution in [1.29, 1.82) is 0 Å². The van der Waals surface area contributed by atoms with Gasteiger partial charge >= 0.3 is 0 Å². The fourth-order valence-electron chi connectivity index (χ4n) is 1.41. The number of hydrogen-bond donors (Lipinski definition) is 1. The van der Waals surface area contributed by atoms with Gasteiger partial charge in [-0.15, -0.1) is 0 Å². The van der Waals surface area contributed by atoms with Gasteiger partial charge in [0.2, 0.25) is 0 Å². The summed E-state index contributed by atoms with van der Waals surface area (Å²) >= 11 is 3.31. The van der Waals surface area contributed by atoms with Gasteiger partial charge in [-0.25, -0.2) is 18.7 Å². The van der Waals surface area contributed by atoms with Gasteiger partial charge in [-0.3, -0.25) is 0 Å². The van der Waals surface area contributed by atoms with E-state index in [0.717, 1.165) is 4.47 Å². The van der Waals surface area contributed by atoms with Gasteiger partial charge in [0.05, 0.1) is 5.52 Å². The molecule has 16 heavy (non-hydrogen) atoms. The summed E-state index contributed by atoms with van der Waals surface area (Å²) in [5.74, 6) is -0.0548. The van der Waals surface area contributed by atoms with Crippen LogP contribution in [0, 0.1) is 0 Å². The minimum Gasteiger partial charge on any atom is -0.373 e. The normalized spacial score (nSPS) is 11.1. The molecule has 0 saturated carbocycles. The molecule has 0 atom stereocenters. The second-order valence-corrected chi connectivity index (χ2v) is 4.06. The first-order chi connectivity index (χ1) is 7.61. The number of hydrogen-bond acceptors (Lipinski definition) is 3. The first kappa shape index (κ1) is 11.2. The molecule has 0 aliphatic carbocycles. The molecule has 0 saturated heterocycles. The van der Waals surface area contributed by atoms with Crippen molar-refractivity contribution in [3.63, 3.8) is 0 Å². The molecule has 3 nitrogen and oxygen atoms in total. The van der Waals surface area contributed by atoms with Gasteiger partial charge in [-0.1, -0.05) is 15.9 Å². The summed E-state index contributed by atoms with van der Waals surface area (Å²) < 4.78 is 25.9. The molecule has 0 spiro atoms. The van der Waals surface area contributed by atoms with E-state index in [0.29, 0.717) is 16.7 Å². The van der Waals surface area contributed by atoms with E-state index in [9.17, 15) is 8.78 Å². The van der Waals surface area contributed by atoms with Crippen molar-refractivity contribution in [2.24, 2.45) is 0 Å². The number of halogens is 3. The Morgan fingerprint density at radius 3 is 2.69 bits per heavy atom. The van der Waals surface area contributed by atoms with Crippen LogP contribution in [0.5, 0.6) is 0 Å². The molecule has 2 rings (SSSR count). The number of benzene rings is 1. The van der Waals surface area contributed by atoms with E-state index in [1.807, 2.05) is 0 Å². The Labute approximate surface area is 99.0 Å². The second-order valence-electron chi connectivity index (χ2n) is 3.14. The Morgan fingerprint density at radius 2 is 2.06 bits per heavy atom. The van der Waals surface area contributed by atoms with Crippen molar-refractivity contribution in [3.05, 3.63) is 28.5 Å². The third-order valence-corrected chi connectivity index (χ3v) is 2.60. The Hall–Kier alpha value is -1.30. The second kappa shape index (κ2) is 4.29. The van der Waals surface area contributed by atoms with Gasteiger partial charge in [0.15, 0.2) is 5.82 Å². The van der Waals surface area contributed by atoms with Crippen molar-refractivity contribution in [3.8, 4) is 0 Å². The smallest absolute Gasteiger partial charge is 0.297 e. The summed E-state index contributed by atoms with van der Waals surface area (Å²) in [4.78, 5) is 7.57. The van der Waals surface area contributed by atoms with Crippen LogP contribution in [0.25, 0.3) is 10.9 Å². The van der Waals surface area contributed by atoms with Crippen LogP contribution in [0.4, 0.5) is 14.6 Å². The lowest BCUT2D eigenvalue weighted by Gasteiger charge is -2.07. The number of fused-ring (bicyclic) bond motifs is 1. The standard InChI is InChI=1S/C10H8BrF2N3/c1-14-9-6-4-5(11)2-3-7(6)15-10(16-9)8(12)13/h2-4,8H,1H3,(H,14,15,16). The maximum atomic E-state index is 12.5. The van der Waals surface area contributed by atoms with Gasteiger partial charge in [-0.05, 0) is 18.2 Å². The van der Waals surface area contributed by atoms with Crippen molar-refractivity contribution in [2.45, 2.75) is 6.43 Å². The summed E-state index contributed by atoms with van der Waals surface area (Å²) in [6.07, 6.45) is -2.67. The average Bonchev–Trinajstić information content (AvgIpc) is 2.27. The van der Waals surface area contributed by atoms with Crippen molar-refractivity contribution < 1.29 is 8.78 Å². The molecule has 1 N–H and O–H groups in total. The molecule has 0 unspecified atom stereocenters. The Kier molecular flexibility index (Phi) is 3.00. The SMILES string of the molecule is CNc1nc(C(F)F)nc2ccc(Br)cc12. The third-order valence-electron chi connectivity index (χ3n) is 2.11. The number of alkyl halides is 2. The molecule has 6 heteroatoms. The van der Waals surface area contributed by atoms with E-state index in [4.69, 9.17) is 0 Å². The summed E-state index contributed by atoms with van der Waals surface area (Å²) in [5, 5.41) is 3.50. The minimum absolute atomic E-state index is 0.404. The average molecular weight is 288 g/mol. The zero-order valence-corrected chi connectivity index (χ0v) is 9.92. The monoisotopic (exact) mass is 287 g/mol. The molecule has 1 aromatic carbocycles. The molecule has 0 bridgehead atoms. The van der Waals surface area contributed by atoms with E-state index >= 15 is 0 Å². The molecule has 0 fully saturated rings. The van der Waals surface area contributed by atoms with Crippen LogP contribution in [0.1, 0.15) is 12.2 Å². The van der Waals surface area contributed by atoms with Crippen LogP contribution in [0.2, 0.25) is 0 Å². The number of nitrogens with zero attached hydrogens (tertiary/aromatic N) is 2. The molecule has 0 aliphatic heterocycles. The highest BCUT2D eigenvalue weighted by Crippen LogP contribution is 2.26. The first-order valence-corrected chi connectivity index (χ1v) is 5.34. The van der Waals surface area contributed by atoms with Crippen LogP contribution in [-0.2, 0) is 0 Å². The van der Waals surface area contributed by atoms with Gasteiger partial charge < -0.3 is 5.32 Å². The number of aromatic nitrogens is 2. The molecule has 2 aromatic rings. The van der Waals surface area contributed by atoms with Crippen LogP contribution < -0.4 is 5.32 Å². The van der Waals surface area contributed by atoms with Gasteiger partial charge in [0, 0.05) is 16.9 Å². The zero-order valence-electron chi connectivity index (χ0n) is 8.34. The van der Waals surface area contributed by atoms with E-state index in [-0.39, 0.29) is 0 Å². The summed E-state index contributed by atoms with van der Waals surface area (Å²) in [5.41, 5.74) is 0.498. The highest BCUT2D eigenvalue weighted by molar-refractivity contribution is 9.10. The molecule has 1 aromatic heterocycles. The maximum Gasteiger partial charge on any atom is 0.297 e. The van der Waals surface area contributed by atoms with E-state index in [1.54, 1.807) is 25.2 Å². The fourth-order valence-corrected chi connectivity index (χ4v) is 1.77. The Bertz CT molecular complexity index is 531. The van der Waals surface area contributed by atoms with Gasteiger partial charge in [0.1, 0.15) is 5.82 Å². The predicted octanol–water partition coefficient (Wildman–Crippen LogP) is 3.37. The van der Waals surface area contributed by atoms with Crippen molar-refractivity contribution >= 4 is 32.7 Å². The van der Waals surface area contributed by atoms with Crippen LogP contribution in [-0.4, -0.2) is 17.0 Å².